The second-order valence-corrected chi connectivity index (χ2v) is 3.62. The molecule has 0 unspecified atom stereocenters. The molecule has 2 heterocycles. The summed E-state index contributed by atoms with van der Waals surface area (Å²) < 4.78 is 0. The van der Waals surface area contributed by atoms with Gasteiger partial charge in [0.15, 0.2) is 0 Å². The number of aromatic nitrogens is 1. The van der Waals surface area contributed by atoms with Crippen LogP contribution in [0.2, 0.25) is 0 Å². The van der Waals surface area contributed by atoms with E-state index in [-0.39, 0.29) is 0 Å². The van der Waals surface area contributed by atoms with Crippen molar-refractivity contribution < 1.29 is 5.21 Å². The van der Waals surface area contributed by atoms with Gasteiger partial charge in [0.25, 0.3) is 0 Å². The average Bonchev–Trinajstić information content (AvgIpc) is 2.63. The van der Waals surface area contributed by atoms with Crippen LogP contribution < -0.4 is 0 Å². The average molecular weight is 192 g/mol. The number of nitrogens with zero attached hydrogens (tertiary/aromatic N) is 2. The first-order valence-electron chi connectivity index (χ1n) is 3.83. The van der Waals surface area contributed by atoms with Gasteiger partial charge in [0.2, 0.25) is 0 Å². The van der Waals surface area contributed by atoms with Crippen molar-refractivity contribution in [1.29, 1.82) is 0 Å². The number of hydrogen-bond acceptors (Lipinski definition) is 4. The molecule has 0 aliphatic rings. The summed E-state index contributed by atoms with van der Waals surface area (Å²) in [5.74, 6) is 0. The van der Waals surface area contributed by atoms with Gasteiger partial charge < -0.3 is 5.21 Å². The number of fused-ring (bicyclic) bond motifs is 1. The topological polar surface area (TPSA) is 45.5 Å². The third-order valence-corrected chi connectivity index (χ3v) is 2.71. The van der Waals surface area contributed by atoms with Gasteiger partial charge in [0.1, 0.15) is 4.83 Å². The molecule has 0 aromatic carbocycles. The number of hydrogen-bond donors (Lipinski definition) is 1. The van der Waals surface area contributed by atoms with Gasteiger partial charge in [-0.05, 0) is 24.4 Å². The zero-order valence-corrected chi connectivity index (χ0v) is 7.88. The molecule has 0 saturated heterocycles. The molecule has 0 atom stereocenters. The first kappa shape index (κ1) is 8.19. The van der Waals surface area contributed by atoms with Crippen LogP contribution in [0.3, 0.4) is 0 Å². The van der Waals surface area contributed by atoms with Crippen LogP contribution >= 0.6 is 11.3 Å². The smallest absolute Gasteiger partial charge is 0.123 e. The van der Waals surface area contributed by atoms with E-state index < -0.39 is 0 Å². The fourth-order valence-corrected chi connectivity index (χ4v) is 1.83. The molecule has 3 nitrogen and oxygen atoms in total. The van der Waals surface area contributed by atoms with E-state index in [1.165, 1.54) is 0 Å². The predicted molar refractivity (Wildman–Crippen MR) is 53.6 cm³/mol. The molecule has 13 heavy (non-hydrogen) atoms. The highest BCUT2D eigenvalue weighted by Crippen LogP contribution is 2.19. The van der Waals surface area contributed by atoms with Crippen molar-refractivity contribution in [2.75, 3.05) is 0 Å². The maximum atomic E-state index is 8.57. The summed E-state index contributed by atoms with van der Waals surface area (Å²) in [6.07, 6.45) is 1.72. The highest BCUT2D eigenvalue weighted by Gasteiger charge is 2.01. The molecule has 2 aromatic rings. The van der Waals surface area contributed by atoms with Gasteiger partial charge in [-0.1, -0.05) is 5.16 Å². The van der Waals surface area contributed by atoms with E-state index in [9.17, 15) is 0 Å². The molecule has 0 aliphatic carbocycles. The highest BCUT2D eigenvalue weighted by molar-refractivity contribution is 7.16. The van der Waals surface area contributed by atoms with Crippen molar-refractivity contribution >= 4 is 27.3 Å². The van der Waals surface area contributed by atoms with Gasteiger partial charge in [0.05, 0.1) is 5.71 Å². The van der Waals surface area contributed by atoms with Crippen LogP contribution in [0, 0.1) is 0 Å². The van der Waals surface area contributed by atoms with Crippen molar-refractivity contribution in [2.45, 2.75) is 6.92 Å². The molecular weight excluding hydrogens is 184 g/mol. The van der Waals surface area contributed by atoms with E-state index in [0.29, 0.717) is 5.71 Å². The Hall–Kier alpha value is -1.42. The summed E-state index contributed by atoms with van der Waals surface area (Å²) in [7, 11) is 0. The lowest BCUT2D eigenvalue weighted by Crippen LogP contribution is -1.94. The number of oxime groups is 1. The summed E-state index contributed by atoms with van der Waals surface area (Å²) in [6, 6.07) is 3.97. The van der Waals surface area contributed by atoms with Crippen molar-refractivity contribution in [3.8, 4) is 0 Å². The van der Waals surface area contributed by atoms with E-state index in [0.717, 1.165) is 15.8 Å². The minimum Gasteiger partial charge on any atom is -0.411 e. The van der Waals surface area contributed by atoms with Gasteiger partial charge in [-0.25, -0.2) is 4.98 Å². The first-order valence-corrected chi connectivity index (χ1v) is 4.71. The Labute approximate surface area is 79.3 Å². The molecule has 0 bridgehead atoms. The van der Waals surface area contributed by atoms with Crippen molar-refractivity contribution in [1.82, 2.24) is 4.98 Å². The lowest BCUT2D eigenvalue weighted by molar-refractivity contribution is 0.319. The summed E-state index contributed by atoms with van der Waals surface area (Å²) >= 11 is 1.60. The molecule has 0 saturated carbocycles. The lowest BCUT2D eigenvalue weighted by Gasteiger charge is -1.96. The molecular formula is C9H8N2OS. The number of rotatable bonds is 1. The quantitative estimate of drug-likeness (QED) is 0.428. The van der Waals surface area contributed by atoms with E-state index in [1.54, 1.807) is 24.5 Å². The minimum absolute atomic E-state index is 0.584. The Morgan fingerprint density at radius 1 is 1.62 bits per heavy atom. The van der Waals surface area contributed by atoms with Crippen LogP contribution in [0.5, 0.6) is 0 Å². The molecule has 0 amide bonds. The molecule has 0 spiro atoms. The van der Waals surface area contributed by atoms with E-state index >= 15 is 0 Å². The largest absolute Gasteiger partial charge is 0.411 e. The second kappa shape index (κ2) is 3.14. The third kappa shape index (κ3) is 1.40. The Morgan fingerprint density at radius 3 is 3.23 bits per heavy atom. The van der Waals surface area contributed by atoms with Crippen LogP contribution in [-0.4, -0.2) is 15.9 Å². The van der Waals surface area contributed by atoms with Crippen LogP contribution in [-0.2, 0) is 0 Å². The van der Waals surface area contributed by atoms with Crippen molar-refractivity contribution in [3.05, 3.63) is 29.3 Å². The fraction of sp³-hybridized carbons (Fsp3) is 0.111. The van der Waals surface area contributed by atoms with E-state index in [4.69, 9.17) is 5.21 Å². The summed E-state index contributed by atoms with van der Waals surface area (Å²) in [5.41, 5.74) is 1.44. The first-order chi connectivity index (χ1) is 6.31. The van der Waals surface area contributed by atoms with Crippen molar-refractivity contribution in [2.24, 2.45) is 5.16 Å². The molecule has 0 fully saturated rings. The zero-order chi connectivity index (χ0) is 9.26. The van der Waals surface area contributed by atoms with Gasteiger partial charge in [-0.15, -0.1) is 11.3 Å². The van der Waals surface area contributed by atoms with Crippen LogP contribution in [0.25, 0.3) is 10.2 Å². The van der Waals surface area contributed by atoms with E-state index in [1.807, 2.05) is 17.5 Å². The molecule has 0 radical (unpaired) electrons. The maximum absolute atomic E-state index is 8.57. The second-order valence-electron chi connectivity index (χ2n) is 2.72. The van der Waals surface area contributed by atoms with E-state index in [2.05, 4.69) is 10.1 Å². The molecule has 2 aromatic heterocycles. The maximum Gasteiger partial charge on any atom is 0.123 e. The molecule has 1 N–H and O–H groups in total. The SMILES string of the molecule is CC(=NO)c1cnc2sccc2c1. The minimum atomic E-state index is 0.584. The number of pyridine rings is 1. The van der Waals surface area contributed by atoms with Crippen LogP contribution in [0.1, 0.15) is 12.5 Å². The summed E-state index contributed by atoms with van der Waals surface area (Å²) in [4.78, 5) is 5.25. The highest BCUT2D eigenvalue weighted by atomic mass is 32.1. The van der Waals surface area contributed by atoms with Gasteiger partial charge >= 0.3 is 0 Å². The predicted octanol–water partition coefficient (Wildman–Crippen LogP) is 2.49. The molecule has 0 aliphatic heterocycles. The summed E-state index contributed by atoms with van der Waals surface area (Å²) in [6.45, 7) is 1.75. The Kier molecular flexibility index (Phi) is 1.98. The van der Waals surface area contributed by atoms with Crippen LogP contribution in [0.4, 0.5) is 0 Å². The Bertz CT molecular complexity index is 461. The van der Waals surface area contributed by atoms with Gasteiger partial charge in [0, 0.05) is 17.1 Å². The monoisotopic (exact) mass is 192 g/mol. The fourth-order valence-electron chi connectivity index (χ4n) is 1.11. The normalized spacial score (nSPS) is 12.2. The Balaban J connectivity index is 2.60. The molecule has 2 rings (SSSR count). The van der Waals surface area contributed by atoms with Crippen LogP contribution in [0.15, 0.2) is 28.9 Å². The Morgan fingerprint density at radius 2 is 2.46 bits per heavy atom. The zero-order valence-electron chi connectivity index (χ0n) is 7.06. The van der Waals surface area contributed by atoms with Crippen molar-refractivity contribution in [3.63, 3.8) is 0 Å². The standard InChI is InChI=1S/C9H8N2OS/c1-6(11-12)8-4-7-2-3-13-9(7)10-5-8/h2-5,12H,1H3. The number of thiophene rings is 1. The van der Waals surface area contributed by atoms with Gasteiger partial charge in [-0.3, -0.25) is 0 Å². The molecule has 66 valence electrons. The molecule has 4 heteroatoms. The third-order valence-electron chi connectivity index (χ3n) is 1.87. The lowest BCUT2D eigenvalue weighted by atomic mass is 10.2. The van der Waals surface area contributed by atoms with Gasteiger partial charge in [-0.2, -0.15) is 0 Å². The summed E-state index contributed by atoms with van der Waals surface area (Å²) in [5, 5.41) is 14.8.